The molecule has 98 valence electrons. The van der Waals surface area contributed by atoms with Gasteiger partial charge in [0.25, 0.3) is 0 Å². The topological polar surface area (TPSA) is 64.4 Å². The van der Waals surface area contributed by atoms with Crippen LogP contribution in [0.4, 0.5) is 0 Å². The summed E-state index contributed by atoms with van der Waals surface area (Å²) in [5.74, 6) is 0.681. The van der Waals surface area contributed by atoms with Gasteiger partial charge in [-0.1, -0.05) is 18.2 Å². The fourth-order valence-electron chi connectivity index (χ4n) is 1.58. The second-order valence-corrected chi connectivity index (χ2v) is 4.02. The van der Waals surface area contributed by atoms with Crippen LogP contribution < -0.4 is 15.8 Å². The Balaban J connectivity index is 2.36. The van der Waals surface area contributed by atoms with Gasteiger partial charge < -0.3 is 15.8 Å². The Morgan fingerprint density at radius 1 is 1.61 bits per heavy atom. The first-order valence-electron chi connectivity index (χ1n) is 5.94. The first-order chi connectivity index (χ1) is 8.67. The van der Waals surface area contributed by atoms with Crippen LogP contribution in [0.25, 0.3) is 0 Å². The van der Waals surface area contributed by atoms with Crippen molar-refractivity contribution in [3.63, 3.8) is 0 Å². The summed E-state index contributed by atoms with van der Waals surface area (Å²) in [6, 6.07) is 7.27. The van der Waals surface area contributed by atoms with Crippen LogP contribution in [0.15, 0.2) is 36.9 Å². The van der Waals surface area contributed by atoms with Gasteiger partial charge in [0.1, 0.15) is 5.75 Å². The second-order valence-electron chi connectivity index (χ2n) is 4.02. The van der Waals surface area contributed by atoms with Crippen molar-refractivity contribution < 1.29 is 9.53 Å². The molecular formula is C14H20N2O2. The summed E-state index contributed by atoms with van der Waals surface area (Å²) < 4.78 is 5.13. The maximum absolute atomic E-state index is 11.5. The molecule has 4 heteroatoms. The van der Waals surface area contributed by atoms with Gasteiger partial charge in [-0.05, 0) is 30.5 Å². The molecule has 3 N–H and O–H groups in total. The number of ether oxygens (including phenoxy) is 1. The smallest absolute Gasteiger partial charge is 0.237 e. The van der Waals surface area contributed by atoms with Crippen LogP contribution in [-0.2, 0) is 11.2 Å². The van der Waals surface area contributed by atoms with Crippen LogP contribution in [0, 0.1) is 0 Å². The molecule has 0 fully saturated rings. The fraction of sp³-hybridized carbons (Fsp3) is 0.357. The molecule has 1 aromatic carbocycles. The van der Waals surface area contributed by atoms with Gasteiger partial charge in [-0.3, -0.25) is 4.79 Å². The van der Waals surface area contributed by atoms with Crippen molar-refractivity contribution in [2.24, 2.45) is 5.73 Å². The van der Waals surface area contributed by atoms with Crippen molar-refractivity contribution in [1.29, 1.82) is 0 Å². The third-order valence-corrected chi connectivity index (χ3v) is 2.60. The van der Waals surface area contributed by atoms with Gasteiger partial charge in [-0.2, -0.15) is 0 Å². The highest BCUT2D eigenvalue weighted by Gasteiger charge is 2.10. The molecule has 0 spiro atoms. The summed E-state index contributed by atoms with van der Waals surface area (Å²) in [6.45, 7) is 4.12. The summed E-state index contributed by atoms with van der Waals surface area (Å²) in [4.78, 5) is 11.5. The Hall–Kier alpha value is -1.81. The SMILES string of the molecule is C=CCC(N)C(=O)NCCc1cccc(OC)c1. The molecule has 1 atom stereocenters. The highest BCUT2D eigenvalue weighted by molar-refractivity contribution is 5.81. The molecule has 0 saturated carbocycles. The summed E-state index contributed by atoms with van der Waals surface area (Å²) in [5, 5.41) is 2.80. The first kappa shape index (κ1) is 14.3. The van der Waals surface area contributed by atoms with E-state index in [2.05, 4.69) is 11.9 Å². The van der Waals surface area contributed by atoms with Crippen LogP contribution in [0.1, 0.15) is 12.0 Å². The van der Waals surface area contributed by atoms with Crippen LogP contribution in [0.3, 0.4) is 0 Å². The number of carbonyl (C=O) groups is 1. The molecule has 0 heterocycles. The van der Waals surface area contributed by atoms with Crippen LogP contribution in [-0.4, -0.2) is 25.6 Å². The highest BCUT2D eigenvalue weighted by atomic mass is 16.5. The van der Waals surface area contributed by atoms with Crippen molar-refractivity contribution >= 4 is 5.91 Å². The lowest BCUT2D eigenvalue weighted by molar-refractivity contribution is -0.122. The molecule has 1 amide bonds. The number of hydrogen-bond donors (Lipinski definition) is 2. The van der Waals surface area contributed by atoms with Crippen molar-refractivity contribution in [2.75, 3.05) is 13.7 Å². The van der Waals surface area contributed by atoms with Crippen LogP contribution in [0.2, 0.25) is 0 Å². The van der Waals surface area contributed by atoms with E-state index >= 15 is 0 Å². The lowest BCUT2D eigenvalue weighted by atomic mass is 10.1. The van der Waals surface area contributed by atoms with E-state index in [1.54, 1.807) is 13.2 Å². The van der Waals surface area contributed by atoms with Crippen molar-refractivity contribution in [2.45, 2.75) is 18.9 Å². The quantitative estimate of drug-likeness (QED) is 0.714. The number of nitrogens with two attached hydrogens (primary N) is 1. The average molecular weight is 248 g/mol. The Kier molecular flexibility index (Phi) is 5.94. The molecule has 0 aliphatic rings. The van der Waals surface area contributed by atoms with E-state index < -0.39 is 6.04 Å². The normalized spacial score (nSPS) is 11.7. The van der Waals surface area contributed by atoms with Crippen LogP contribution in [0.5, 0.6) is 5.75 Å². The van der Waals surface area contributed by atoms with Crippen molar-refractivity contribution in [1.82, 2.24) is 5.32 Å². The summed E-state index contributed by atoms with van der Waals surface area (Å²) in [5.41, 5.74) is 6.77. The highest BCUT2D eigenvalue weighted by Crippen LogP contribution is 2.12. The predicted molar refractivity (Wildman–Crippen MR) is 72.5 cm³/mol. The van der Waals surface area contributed by atoms with Gasteiger partial charge in [-0.15, -0.1) is 6.58 Å². The number of carbonyl (C=O) groups excluding carboxylic acids is 1. The summed E-state index contributed by atoms with van der Waals surface area (Å²) in [6.07, 6.45) is 2.89. The standard InChI is InChI=1S/C14H20N2O2/c1-3-5-13(15)14(17)16-9-8-11-6-4-7-12(10-11)18-2/h3-4,6-7,10,13H,1,5,8-9,15H2,2H3,(H,16,17). The average Bonchev–Trinajstić information content (AvgIpc) is 2.39. The minimum absolute atomic E-state index is 0.141. The monoisotopic (exact) mass is 248 g/mol. The molecule has 0 aliphatic carbocycles. The number of benzene rings is 1. The zero-order valence-corrected chi connectivity index (χ0v) is 10.7. The summed E-state index contributed by atoms with van der Waals surface area (Å²) in [7, 11) is 1.63. The van der Waals surface area contributed by atoms with E-state index in [1.165, 1.54) is 0 Å². The van der Waals surface area contributed by atoms with Crippen molar-refractivity contribution in [3.05, 3.63) is 42.5 Å². The Morgan fingerprint density at radius 3 is 3.06 bits per heavy atom. The van der Waals surface area contributed by atoms with Gasteiger partial charge in [0.15, 0.2) is 0 Å². The molecule has 0 saturated heterocycles. The Labute approximate surface area is 108 Å². The fourth-order valence-corrected chi connectivity index (χ4v) is 1.58. The van der Waals surface area contributed by atoms with E-state index in [-0.39, 0.29) is 5.91 Å². The molecule has 1 rings (SSSR count). The molecule has 0 aromatic heterocycles. The van der Waals surface area contributed by atoms with Gasteiger partial charge in [-0.25, -0.2) is 0 Å². The van der Waals surface area contributed by atoms with Gasteiger partial charge in [0, 0.05) is 6.54 Å². The number of methoxy groups -OCH3 is 1. The van der Waals surface area contributed by atoms with Gasteiger partial charge in [0.05, 0.1) is 13.2 Å². The lowest BCUT2D eigenvalue weighted by Crippen LogP contribution is -2.40. The predicted octanol–water partition coefficient (Wildman–Crippen LogP) is 1.26. The van der Waals surface area contributed by atoms with E-state index in [9.17, 15) is 4.79 Å². The first-order valence-corrected chi connectivity index (χ1v) is 5.94. The zero-order valence-electron chi connectivity index (χ0n) is 10.7. The zero-order chi connectivity index (χ0) is 13.4. The Morgan fingerprint density at radius 2 is 2.39 bits per heavy atom. The third-order valence-electron chi connectivity index (χ3n) is 2.60. The molecule has 0 bridgehead atoms. The van der Waals surface area contributed by atoms with Gasteiger partial charge >= 0.3 is 0 Å². The van der Waals surface area contributed by atoms with E-state index in [4.69, 9.17) is 10.5 Å². The summed E-state index contributed by atoms with van der Waals surface area (Å²) >= 11 is 0. The maximum atomic E-state index is 11.5. The maximum Gasteiger partial charge on any atom is 0.237 e. The molecule has 4 nitrogen and oxygen atoms in total. The number of rotatable bonds is 7. The number of amides is 1. The van der Waals surface area contributed by atoms with Crippen LogP contribution >= 0.6 is 0 Å². The second kappa shape index (κ2) is 7.50. The van der Waals surface area contributed by atoms with E-state index in [1.807, 2.05) is 24.3 Å². The molecule has 0 radical (unpaired) electrons. The Bertz CT molecular complexity index is 405. The lowest BCUT2D eigenvalue weighted by Gasteiger charge is -2.10. The third kappa shape index (κ3) is 4.59. The molecule has 1 unspecified atom stereocenters. The minimum Gasteiger partial charge on any atom is -0.497 e. The molecule has 18 heavy (non-hydrogen) atoms. The van der Waals surface area contributed by atoms with Gasteiger partial charge in [0.2, 0.25) is 5.91 Å². The van der Waals surface area contributed by atoms with E-state index in [0.29, 0.717) is 13.0 Å². The largest absolute Gasteiger partial charge is 0.497 e. The van der Waals surface area contributed by atoms with E-state index in [0.717, 1.165) is 17.7 Å². The number of hydrogen-bond acceptors (Lipinski definition) is 3. The number of nitrogens with one attached hydrogen (secondary N) is 1. The molecule has 0 aliphatic heterocycles. The molecule has 1 aromatic rings. The molecular weight excluding hydrogens is 228 g/mol. The minimum atomic E-state index is -0.507. The van der Waals surface area contributed by atoms with Crippen molar-refractivity contribution in [3.8, 4) is 5.75 Å².